The highest BCUT2D eigenvalue weighted by molar-refractivity contribution is 5.48. The Kier molecular flexibility index (Phi) is 6.52. The van der Waals surface area contributed by atoms with E-state index in [2.05, 4.69) is 60.2 Å². The summed E-state index contributed by atoms with van der Waals surface area (Å²) in [7, 11) is 0. The molecule has 0 radical (unpaired) electrons. The van der Waals surface area contributed by atoms with E-state index in [1.807, 2.05) is 0 Å². The lowest BCUT2D eigenvalue weighted by molar-refractivity contribution is 0.222. The highest BCUT2D eigenvalue weighted by atomic mass is 15.3. The van der Waals surface area contributed by atoms with Crippen LogP contribution in [0.15, 0.2) is 24.3 Å². The minimum absolute atomic E-state index is 0.738. The van der Waals surface area contributed by atoms with Crippen LogP contribution in [0.1, 0.15) is 25.8 Å². The number of hydrogen-bond donors (Lipinski definition) is 1. The summed E-state index contributed by atoms with van der Waals surface area (Å²) in [5, 5.41) is 3.53. The summed E-state index contributed by atoms with van der Waals surface area (Å²) in [5.41, 5.74) is 2.73. The second-order valence-corrected chi connectivity index (χ2v) is 6.44. The van der Waals surface area contributed by atoms with Crippen molar-refractivity contribution in [3.63, 3.8) is 0 Å². The van der Waals surface area contributed by atoms with Crippen LogP contribution in [-0.4, -0.2) is 50.7 Å². The molecule has 0 aromatic heterocycles. The van der Waals surface area contributed by atoms with Crippen molar-refractivity contribution in [2.24, 2.45) is 5.92 Å². The minimum Gasteiger partial charge on any atom is -0.369 e. The Bertz CT molecular complexity index is 411. The van der Waals surface area contributed by atoms with Gasteiger partial charge >= 0.3 is 0 Å². The maximum absolute atomic E-state index is 3.53. The molecule has 21 heavy (non-hydrogen) atoms. The summed E-state index contributed by atoms with van der Waals surface area (Å²) in [5.74, 6) is 0.738. The Morgan fingerprint density at radius 3 is 2.62 bits per heavy atom. The molecule has 0 amide bonds. The summed E-state index contributed by atoms with van der Waals surface area (Å²) in [4.78, 5) is 5.13. The molecule has 1 aromatic rings. The van der Waals surface area contributed by atoms with E-state index in [1.165, 1.54) is 37.3 Å². The molecule has 2 rings (SSSR count). The summed E-state index contributed by atoms with van der Waals surface area (Å²) >= 11 is 0. The van der Waals surface area contributed by atoms with Gasteiger partial charge in [-0.1, -0.05) is 26.0 Å². The van der Waals surface area contributed by atoms with Crippen LogP contribution in [0.4, 0.5) is 5.69 Å². The molecule has 0 bridgehead atoms. The van der Waals surface area contributed by atoms with Gasteiger partial charge in [0.1, 0.15) is 0 Å². The van der Waals surface area contributed by atoms with Crippen LogP contribution in [-0.2, 0) is 0 Å². The Morgan fingerprint density at radius 1 is 1.19 bits per heavy atom. The highest BCUT2D eigenvalue weighted by Gasteiger charge is 2.18. The van der Waals surface area contributed by atoms with E-state index in [9.17, 15) is 0 Å². The van der Waals surface area contributed by atoms with Crippen LogP contribution >= 0.6 is 0 Å². The largest absolute Gasteiger partial charge is 0.369 e. The van der Waals surface area contributed by atoms with E-state index in [0.29, 0.717) is 0 Å². The summed E-state index contributed by atoms with van der Waals surface area (Å²) in [6.07, 6.45) is 1.22. The molecule has 3 heteroatoms. The van der Waals surface area contributed by atoms with Crippen LogP contribution in [0.5, 0.6) is 0 Å². The van der Waals surface area contributed by atoms with Gasteiger partial charge in [0, 0.05) is 38.4 Å². The molecule has 1 aliphatic rings. The predicted molar refractivity (Wildman–Crippen MR) is 92.2 cm³/mol. The van der Waals surface area contributed by atoms with Crippen LogP contribution in [0.25, 0.3) is 0 Å². The maximum Gasteiger partial charge on any atom is 0.0369 e. The van der Waals surface area contributed by atoms with Gasteiger partial charge in [-0.3, -0.25) is 4.90 Å². The third kappa shape index (κ3) is 5.33. The first-order chi connectivity index (χ1) is 10.2. The van der Waals surface area contributed by atoms with Gasteiger partial charge < -0.3 is 10.2 Å². The van der Waals surface area contributed by atoms with Gasteiger partial charge in [0.25, 0.3) is 0 Å². The molecule has 0 aliphatic carbocycles. The number of piperazine rings is 1. The van der Waals surface area contributed by atoms with Gasteiger partial charge in [-0.15, -0.1) is 0 Å². The molecule has 0 saturated carbocycles. The number of nitrogens with one attached hydrogen (secondary N) is 1. The van der Waals surface area contributed by atoms with E-state index < -0.39 is 0 Å². The molecule has 1 unspecified atom stereocenters. The van der Waals surface area contributed by atoms with E-state index >= 15 is 0 Å². The van der Waals surface area contributed by atoms with Gasteiger partial charge in [-0.05, 0) is 50.0 Å². The molecule has 0 spiro atoms. The fourth-order valence-electron chi connectivity index (χ4n) is 3.04. The van der Waals surface area contributed by atoms with Crippen LogP contribution in [0, 0.1) is 12.8 Å². The predicted octanol–water partition coefficient (Wildman–Crippen LogP) is 2.75. The molecule has 1 aliphatic heterocycles. The van der Waals surface area contributed by atoms with Crippen LogP contribution in [0.3, 0.4) is 0 Å². The lowest BCUT2D eigenvalue weighted by atomic mass is 10.1. The van der Waals surface area contributed by atoms with Crippen molar-refractivity contribution in [2.75, 3.05) is 50.7 Å². The summed E-state index contributed by atoms with van der Waals surface area (Å²) in [6.45, 7) is 14.9. The first kappa shape index (κ1) is 16.3. The molecule has 1 atom stereocenters. The van der Waals surface area contributed by atoms with Crippen LogP contribution < -0.4 is 10.2 Å². The zero-order chi connectivity index (χ0) is 15.1. The standard InChI is InChI=1S/C18H31N3/c1-4-8-19-14-17(3)15-20-9-11-21(12-10-20)18-7-5-6-16(2)13-18/h5-7,13,17,19H,4,8-12,14-15H2,1-3H3. The van der Waals surface area contributed by atoms with E-state index in [1.54, 1.807) is 0 Å². The Hall–Kier alpha value is -1.06. The first-order valence-corrected chi connectivity index (χ1v) is 8.43. The molecule has 1 aromatic carbocycles. The molecular formula is C18H31N3. The fourth-order valence-corrected chi connectivity index (χ4v) is 3.04. The fraction of sp³-hybridized carbons (Fsp3) is 0.667. The summed E-state index contributed by atoms with van der Waals surface area (Å²) < 4.78 is 0. The molecule has 3 nitrogen and oxygen atoms in total. The SMILES string of the molecule is CCCNCC(C)CN1CCN(c2cccc(C)c2)CC1. The maximum atomic E-state index is 3.53. The van der Waals surface area contributed by atoms with Crippen molar-refractivity contribution < 1.29 is 0 Å². The van der Waals surface area contributed by atoms with Gasteiger partial charge in [0.05, 0.1) is 0 Å². The zero-order valence-corrected chi connectivity index (χ0v) is 13.9. The van der Waals surface area contributed by atoms with Gasteiger partial charge in [0.15, 0.2) is 0 Å². The Morgan fingerprint density at radius 2 is 1.95 bits per heavy atom. The van der Waals surface area contributed by atoms with E-state index in [0.717, 1.165) is 32.1 Å². The van der Waals surface area contributed by atoms with Crippen molar-refractivity contribution in [2.45, 2.75) is 27.2 Å². The van der Waals surface area contributed by atoms with E-state index in [-0.39, 0.29) is 0 Å². The zero-order valence-electron chi connectivity index (χ0n) is 13.9. The second kappa shape index (κ2) is 8.40. The van der Waals surface area contributed by atoms with Gasteiger partial charge in [0.2, 0.25) is 0 Å². The molecule has 1 fully saturated rings. The minimum atomic E-state index is 0.738. The number of benzene rings is 1. The van der Waals surface area contributed by atoms with Crippen molar-refractivity contribution in [3.05, 3.63) is 29.8 Å². The average Bonchev–Trinajstić information content (AvgIpc) is 2.48. The first-order valence-electron chi connectivity index (χ1n) is 8.43. The normalized spacial score (nSPS) is 18.0. The lowest BCUT2D eigenvalue weighted by Crippen LogP contribution is -2.48. The summed E-state index contributed by atoms with van der Waals surface area (Å²) in [6, 6.07) is 8.87. The van der Waals surface area contributed by atoms with Gasteiger partial charge in [-0.25, -0.2) is 0 Å². The average molecular weight is 289 g/mol. The number of anilines is 1. The number of hydrogen-bond acceptors (Lipinski definition) is 3. The smallest absolute Gasteiger partial charge is 0.0369 e. The molecule has 1 N–H and O–H groups in total. The van der Waals surface area contributed by atoms with Crippen molar-refractivity contribution >= 4 is 5.69 Å². The topological polar surface area (TPSA) is 18.5 Å². The van der Waals surface area contributed by atoms with E-state index in [4.69, 9.17) is 0 Å². The Balaban J connectivity index is 1.73. The van der Waals surface area contributed by atoms with Crippen molar-refractivity contribution in [1.29, 1.82) is 0 Å². The third-order valence-corrected chi connectivity index (χ3v) is 4.23. The quantitative estimate of drug-likeness (QED) is 0.779. The second-order valence-electron chi connectivity index (χ2n) is 6.44. The van der Waals surface area contributed by atoms with Crippen molar-refractivity contribution in [3.8, 4) is 0 Å². The third-order valence-electron chi connectivity index (χ3n) is 4.23. The molecule has 1 saturated heterocycles. The van der Waals surface area contributed by atoms with Crippen LogP contribution in [0.2, 0.25) is 0 Å². The van der Waals surface area contributed by atoms with Crippen molar-refractivity contribution in [1.82, 2.24) is 10.2 Å². The lowest BCUT2D eigenvalue weighted by Gasteiger charge is -2.37. The molecule has 118 valence electrons. The van der Waals surface area contributed by atoms with Gasteiger partial charge in [-0.2, -0.15) is 0 Å². The Labute approximate surface area is 130 Å². The number of rotatable bonds is 7. The highest BCUT2D eigenvalue weighted by Crippen LogP contribution is 2.18. The molecular weight excluding hydrogens is 258 g/mol. The molecule has 1 heterocycles. The number of nitrogens with zero attached hydrogens (tertiary/aromatic N) is 2. The number of aryl methyl sites for hydroxylation is 1. The monoisotopic (exact) mass is 289 g/mol.